The average molecular weight is 194 g/mol. The molecule has 13 heavy (non-hydrogen) atoms. The predicted octanol–water partition coefficient (Wildman–Crippen LogP) is 3.40. The fourth-order valence-electron chi connectivity index (χ4n) is 2.27. The summed E-state index contributed by atoms with van der Waals surface area (Å²) < 4.78 is 12.1. The first kappa shape index (κ1) is 9.02. The third-order valence-electron chi connectivity index (χ3n) is 2.94. The molecule has 70 valence electrons. The maximum absolute atomic E-state index is 12.1. The zero-order chi connectivity index (χ0) is 9.64. The number of hydrogen-bond donors (Lipinski definition) is 0. The number of rotatable bonds is 0. The summed E-state index contributed by atoms with van der Waals surface area (Å²) in [5, 5.41) is 0. The molecular formula is C11H15OP. The molecule has 0 aromatic rings. The molecule has 0 aromatic heterocycles. The molecule has 1 aliphatic carbocycles. The van der Waals surface area contributed by atoms with Crippen molar-refractivity contribution in [3.05, 3.63) is 35.2 Å². The Morgan fingerprint density at radius 3 is 2.77 bits per heavy atom. The van der Waals surface area contributed by atoms with Crippen LogP contribution in [0.5, 0.6) is 0 Å². The van der Waals surface area contributed by atoms with E-state index in [2.05, 4.69) is 32.1 Å². The van der Waals surface area contributed by atoms with Gasteiger partial charge in [-0.1, -0.05) is 29.4 Å². The largest absolute Gasteiger partial charge is 0.319 e. The Kier molecular flexibility index (Phi) is 1.89. The third-order valence-corrected chi connectivity index (χ3v) is 5.54. The molecule has 2 rings (SSSR count). The van der Waals surface area contributed by atoms with E-state index in [1.165, 1.54) is 11.1 Å². The normalized spacial score (nSPS) is 42.7. The molecule has 0 saturated carbocycles. The highest BCUT2D eigenvalue weighted by Crippen LogP contribution is 2.60. The zero-order valence-electron chi connectivity index (χ0n) is 8.32. The first-order chi connectivity index (χ1) is 6.00. The first-order valence-electron chi connectivity index (χ1n) is 4.63. The quantitative estimate of drug-likeness (QED) is 0.540. The lowest BCUT2D eigenvalue weighted by Gasteiger charge is -2.22. The van der Waals surface area contributed by atoms with E-state index in [1.54, 1.807) is 0 Å². The van der Waals surface area contributed by atoms with Crippen LogP contribution in [0, 0.1) is 5.92 Å². The van der Waals surface area contributed by atoms with Crippen LogP contribution in [0.15, 0.2) is 35.2 Å². The molecule has 1 nitrogen and oxygen atoms in total. The van der Waals surface area contributed by atoms with Gasteiger partial charge in [0.05, 0.1) is 0 Å². The van der Waals surface area contributed by atoms with Gasteiger partial charge in [0.25, 0.3) is 0 Å². The van der Waals surface area contributed by atoms with Crippen LogP contribution in [-0.4, -0.2) is 12.3 Å². The number of hydrogen-bond acceptors (Lipinski definition) is 1. The van der Waals surface area contributed by atoms with E-state index in [0.29, 0.717) is 5.92 Å². The van der Waals surface area contributed by atoms with Gasteiger partial charge in [-0.15, -0.1) is 0 Å². The molecular weight excluding hydrogens is 179 g/mol. The van der Waals surface area contributed by atoms with Gasteiger partial charge in [0.15, 0.2) is 0 Å². The Bertz CT molecular complexity index is 374. The van der Waals surface area contributed by atoms with Crippen molar-refractivity contribution in [1.29, 1.82) is 0 Å². The van der Waals surface area contributed by atoms with E-state index in [4.69, 9.17) is 0 Å². The summed E-state index contributed by atoms with van der Waals surface area (Å²) in [6.45, 7) is 6.07. The molecule has 2 aliphatic rings. The van der Waals surface area contributed by atoms with Crippen LogP contribution in [0.4, 0.5) is 0 Å². The minimum atomic E-state index is -2.05. The standard InChI is InChI=1S/C11H15OP/c1-8-4-5-11-10(6-8)9(2)7-13(11,3)12/h4-7,10-11H,1-3H3/t10-,11-,13?/m1/s1. The van der Waals surface area contributed by atoms with E-state index in [0.717, 1.165) is 0 Å². The van der Waals surface area contributed by atoms with Gasteiger partial charge in [0, 0.05) is 11.6 Å². The Morgan fingerprint density at radius 2 is 2.08 bits per heavy atom. The van der Waals surface area contributed by atoms with Gasteiger partial charge in [-0.2, -0.15) is 0 Å². The van der Waals surface area contributed by atoms with Crippen LogP contribution in [0.1, 0.15) is 13.8 Å². The molecule has 1 aliphatic heterocycles. The molecule has 3 atom stereocenters. The first-order valence-corrected chi connectivity index (χ1v) is 6.93. The second-order valence-corrected chi connectivity index (χ2v) is 7.19. The lowest BCUT2D eigenvalue weighted by Crippen LogP contribution is -2.14. The molecule has 0 fully saturated rings. The summed E-state index contributed by atoms with van der Waals surface area (Å²) in [6.07, 6.45) is 6.44. The Balaban J connectivity index is 2.45. The van der Waals surface area contributed by atoms with E-state index in [9.17, 15) is 4.57 Å². The molecule has 0 amide bonds. The van der Waals surface area contributed by atoms with Crippen LogP contribution in [0.2, 0.25) is 0 Å². The van der Waals surface area contributed by atoms with Gasteiger partial charge in [0.1, 0.15) is 7.14 Å². The highest BCUT2D eigenvalue weighted by Gasteiger charge is 2.38. The molecule has 0 spiro atoms. The lowest BCUT2D eigenvalue weighted by atomic mass is 9.91. The fraction of sp³-hybridized carbons (Fsp3) is 0.455. The van der Waals surface area contributed by atoms with Gasteiger partial charge < -0.3 is 4.57 Å². The molecule has 0 radical (unpaired) electrons. The molecule has 0 aromatic carbocycles. The lowest BCUT2D eigenvalue weighted by molar-refractivity contribution is 0.576. The van der Waals surface area contributed by atoms with E-state index in [1.807, 2.05) is 12.5 Å². The minimum Gasteiger partial charge on any atom is -0.319 e. The van der Waals surface area contributed by atoms with Crippen molar-refractivity contribution in [2.24, 2.45) is 5.92 Å². The van der Waals surface area contributed by atoms with Crippen molar-refractivity contribution in [3.63, 3.8) is 0 Å². The molecule has 0 bridgehead atoms. The predicted molar refractivity (Wildman–Crippen MR) is 57.5 cm³/mol. The number of allylic oxidation sites excluding steroid dienone is 5. The maximum Gasteiger partial charge on any atom is 0.113 e. The monoisotopic (exact) mass is 194 g/mol. The van der Waals surface area contributed by atoms with Crippen molar-refractivity contribution in [1.82, 2.24) is 0 Å². The summed E-state index contributed by atoms with van der Waals surface area (Å²) in [4.78, 5) is 0. The Morgan fingerprint density at radius 1 is 1.38 bits per heavy atom. The Labute approximate surface area is 79.6 Å². The van der Waals surface area contributed by atoms with Crippen LogP contribution in [0.25, 0.3) is 0 Å². The van der Waals surface area contributed by atoms with Gasteiger partial charge in [0.2, 0.25) is 0 Å². The van der Waals surface area contributed by atoms with Crippen molar-refractivity contribution < 1.29 is 4.57 Å². The molecule has 0 N–H and O–H groups in total. The Hall–Kier alpha value is -0.550. The van der Waals surface area contributed by atoms with Gasteiger partial charge >= 0.3 is 0 Å². The SMILES string of the molecule is CC1=C[C@@H]2C(C)=CP(C)(=O)[C@@H]2C=C1. The zero-order valence-corrected chi connectivity index (χ0v) is 9.21. The fourth-order valence-corrected chi connectivity index (χ4v) is 4.81. The highest BCUT2D eigenvalue weighted by molar-refractivity contribution is 7.67. The van der Waals surface area contributed by atoms with E-state index >= 15 is 0 Å². The minimum absolute atomic E-state index is 0.246. The summed E-state index contributed by atoms with van der Waals surface area (Å²) in [5.74, 6) is 2.39. The van der Waals surface area contributed by atoms with Crippen molar-refractivity contribution >= 4 is 7.14 Å². The van der Waals surface area contributed by atoms with Crippen LogP contribution >= 0.6 is 7.14 Å². The summed E-state index contributed by atoms with van der Waals surface area (Å²) >= 11 is 0. The van der Waals surface area contributed by atoms with E-state index < -0.39 is 7.14 Å². The van der Waals surface area contributed by atoms with E-state index in [-0.39, 0.29) is 5.66 Å². The van der Waals surface area contributed by atoms with Crippen LogP contribution < -0.4 is 0 Å². The topological polar surface area (TPSA) is 17.1 Å². The highest BCUT2D eigenvalue weighted by atomic mass is 31.2. The van der Waals surface area contributed by atoms with Gasteiger partial charge in [-0.05, 0) is 26.3 Å². The summed E-state index contributed by atoms with van der Waals surface area (Å²) in [7, 11) is -2.05. The van der Waals surface area contributed by atoms with Crippen molar-refractivity contribution in [2.75, 3.05) is 6.66 Å². The van der Waals surface area contributed by atoms with Gasteiger partial charge in [-0.3, -0.25) is 0 Å². The van der Waals surface area contributed by atoms with Crippen molar-refractivity contribution in [3.8, 4) is 0 Å². The van der Waals surface area contributed by atoms with Crippen molar-refractivity contribution in [2.45, 2.75) is 19.5 Å². The number of fused-ring (bicyclic) bond motifs is 1. The van der Waals surface area contributed by atoms with Gasteiger partial charge in [-0.25, -0.2) is 0 Å². The summed E-state index contributed by atoms with van der Waals surface area (Å²) in [6, 6.07) is 0. The smallest absolute Gasteiger partial charge is 0.113 e. The molecule has 2 heteroatoms. The second-order valence-electron chi connectivity index (χ2n) is 4.22. The second kappa shape index (κ2) is 2.72. The molecule has 1 unspecified atom stereocenters. The third kappa shape index (κ3) is 1.36. The molecule has 0 saturated heterocycles. The molecule has 1 heterocycles. The summed E-state index contributed by atoms with van der Waals surface area (Å²) in [5.41, 5.74) is 2.81. The maximum atomic E-state index is 12.1. The van der Waals surface area contributed by atoms with Crippen LogP contribution in [0.3, 0.4) is 0 Å². The van der Waals surface area contributed by atoms with Crippen LogP contribution in [-0.2, 0) is 4.57 Å². The average Bonchev–Trinajstić information content (AvgIpc) is 2.22.